The number of anilines is 1. The monoisotopic (exact) mass is 414 g/mol. The van der Waals surface area contributed by atoms with Crippen LogP contribution in [0.3, 0.4) is 0 Å². The lowest BCUT2D eigenvalue weighted by Crippen LogP contribution is -2.50. The number of benzene rings is 2. The Balaban J connectivity index is 1.60. The van der Waals surface area contributed by atoms with Crippen molar-refractivity contribution in [1.29, 1.82) is 0 Å². The van der Waals surface area contributed by atoms with Crippen LogP contribution in [0.2, 0.25) is 5.02 Å². The minimum Gasteiger partial charge on any atom is -0.354 e. The molecule has 1 fully saturated rings. The van der Waals surface area contributed by atoms with Crippen molar-refractivity contribution in [3.8, 4) is 0 Å². The molecule has 0 aromatic heterocycles. The van der Waals surface area contributed by atoms with Gasteiger partial charge >= 0.3 is 6.03 Å². The summed E-state index contributed by atoms with van der Waals surface area (Å²) in [5, 5.41) is 12.5. The molecule has 0 unspecified atom stereocenters. The summed E-state index contributed by atoms with van der Waals surface area (Å²) in [5.74, 6) is 0.305. The normalized spacial score (nSPS) is 15.3. The molecule has 1 heterocycles. The number of halogens is 1. The number of hydrogen-bond acceptors (Lipinski definition) is 3. The van der Waals surface area contributed by atoms with Gasteiger partial charge in [-0.15, -0.1) is 0 Å². The van der Waals surface area contributed by atoms with Crippen LogP contribution in [0, 0.1) is 5.92 Å². The Morgan fingerprint density at radius 1 is 1.03 bits per heavy atom. The van der Waals surface area contributed by atoms with Crippen LogP contribution < -0.4 is 21.3 Å². The number of carbonyl (C=O) groups is 2. The van der Waals surface area contributed by atoms with Crippen molar-refractivity contribution in [1.82, 2.24) is 16.0 Å². The number of amides is 3. The maximum Gasteiger partial charge on any atom is 0.319 e. The lowest BCUT2D eigenvalue weighted by Gasteiger charge is -2.24. The number of carbonyl (C=O) groups excluding carboxylic acids is 2. The summed E-state index contributed by atoms with van der Waals surface area (Å²) in [6, 6.07) is 15.4. The van der Waals surface area contributed by atoms with Crippen LogP contribution in [0.4, 0.5) is 10.5 Å². The highest BCUT2D eigenvalue weighted by Crippen LogP contribution is 2.14. The van der Waals surface area contributed by atoms with E-state index < -0.39 is 12.1 Å². The van der Waals surface area contributed by atoms with E-state index in [1.54, 1.807) is 24.3 Å². The predicted octanol–water partition coefficient (Wildman–Crippen LogP) is 3.19. The maximum absolute atomic E-state index is 12.8. The molecule has 1 aliphatic heterocycles. The molecule has 6 nitrogen and oxygen atoms in total. The summed E-state index contributed by atoms with van der Waals surface area (Å²) >= 11 is 5.88. The third-order valence-corrected chi connectivity index (χ3v) is 5.28. The minimum atomic E-state index is -0.661. The fraction of sp³-hybridized carbons (Fsp3) is 0.364. The van der Waals surface area contributed by atoms with Gasteiger partial charge in [0, 0.05) is 23.7 Å². The molecule has 2 aromatic carbocycles. The van der Waals surface area contributed by atoms with Crippen LogP contribution >= 0.6 is 11.6 Å². The van der Waals surface area contributed by atoms with Gasteiger partial charge in [0.15, 0.2) is 0 Å². The van der Waals surface area contributed by atoms with Crippen molar-refractivity contribution in [2.75, 3.05) is 25.0 Å². The molecule has 154 valence electrons. The van der Waals surface area contributed by atoms with E-state index in [-0.39, 0.29) is 5.91 Å². The van der Waals surface area contributed by atoms with Gasteiger partial charge in [-0.3, -0.25) is 4.79 Å². The van der Waals surface area contributed by atoms with Crippen LogP contribution in [-0.4, -0.2) is 37.6 Å². The second-order valence-electron chi connectivity index (χ2n) is 7.29. The van der Waals surface area contributed by atoms with E-state index in [1.165, 1.54) is 0 Å². The van der Waals surface area contributed by atoms with Gasteiger partial charge in [-0.05, 0) is 61.7 Å². The quantitative estimate of drug-likeness (QED) is 0.561. The smallest absolute Gasteiger partial charge is 0.319 e. The zero-order valence-corrected chi connectivity index (χ0v) is 17.0. The molecule has 1 atom stereocenters. The Morgan fingerprint density at radius 3 is 2.41 bits per heavy atom. The number of piperidine rings is 1. The van der Waals surface area contributed by atoms with Gasteiger partial charge in [0.25, 0.3) is 0 Å². The molecular weight excluding hydrogens is 388 g/mol. The van der Waals surface area contributed by atoms with Crippen molar-refractivity contribution >= 4 is 29.2 Å². The third kappa shape index (κ3) is 7.07. The average molecular weight is 415 g/mol. The zero-order valence-electron chi connectivity index (χ0n) is 16.3. The number of nitrogens with one attached hydrogen (secondary N) is 4. The SMILES string of the molecule is O=C(Nc1ccc(Cl)cc1)N[C@H](Cc1ccccc1)C(=O)NCC1CCNCC1. The molecule has 0 spiro atoms. The highest BCUT2D eigenvalue weighted by atomic mass is 35.5. The molecule has 29 heavy (non-hydrogen) atoms. The molecule has 7 heteroatoms. The van der Waals surface area contributed by atoms with Crippen LogP contribution in [-0.2, 0) is 11.2 Å². The van der Waals surface area contributed by atoms with Gasteiger partial charge < -0.3 is 21.3 Å². The summed E-state index contributed by atoms with van der Waals surface area (Å²) in [6.07, 6.45) is 2.52. The first-order chi connectivity index (χ1) is 14.1. The second kappa shape index (κ2) is 10.8. The van der Waals surface area contributed by atoms with E-state index in [9.17, 15) is 9.59 Å². The van der Waals surface area contributed by atoms with Crippen molar-refractivity contribution < 1.29 is 9.59 Å². The Hall–Kier alpha value is -2.57. The zero-order chi connectivity index (χ0) is 20.5. The van der Waals surface area contributed by atoms with Gasteiger partial charge in [0.2, 0.25) is 5.91 Å². The Morgan fingerprint density at radius 2 is 1.72 bits per heavy atom. The lowest BCUT2D eigenvalue weighted by atomic mass is 9.98. The summed E-state index contributed by atoms with van der Waals surface area (Å²) < 4.78 is 0. The maximum atomic E-state index is 12.8. The van der Waals surface area contributed by atoms with Crippen LogP contribution in [0.15, 0.2) is 54.6 Å². The first kappa shape index (κ1) is 21.1. The molecule has 0 radical (unpaired) electrons. The summed E-state index contributed by atoms with van der Waals surface area (Å²) in [6.45, 7) is 2.59. The molecule has 3 rings (SSSR count). The van der Waals surface area contributed by atoms with E-state index in [0.29, 0.717) is 29.6 Å². The van der Waals surface area contributed by atoms with Crippen LogP contribution in [0.5, 0.6) is 0 Å². The molecular formula is C22H27ClN4O2. The topological polar surface area (TPSA) is 82.3 Å². The fourth-order valence-electron chi connectivity index (χ4n) is 3.37. The van der Waals surface area contributed by atoms with E-state index in [1.807, 2.05) is 30.3 Å². The second-order valence-corrected chi connectivity index (χ2v) is 7.72. The first-order valence-electron chi connectivity index (χ1n) is 9.95. The van der Waals surface area contributed by atoms with E-state index >= 15 is 0 Å². The Kier molecular flexibility index (Phi) is 7.90. The van der Waals surface area contributed by atoms with E-state index in [0.717, 1.165) is 31.5 Å². The van der Waals surface area contributed by atoms with Crippen LogP contribution in [0.25, 0.3) is 0 Å². The Labute approximate surface area is 176 Å². The standard InChI is InChI=1S/C22H27ClN4O2/c23-18-6-8-19(9-7-18)26-22(29)27-20(14-16-4-2-1-3-5-16)21(28)25-15-17-10-12-24-13-11-17/h1-9,17,20,24H,10-15H2,(H,25,28)(H2,26,27,29)/t20-/m1/s1. The van der Waals surface area contributed by atoms with Crippen molar-refractivity contribution in [2.24, 2.45) is 5.92 Å². The highest BCUT2D eigenvalue weighted by molar-refractivity contribution is 6.30. The molecule has 0 bridgehead atoms. The van der Waals surface area contributed by atoms with Crippen molar-refractivity contribution in [2.45, 2.75) is 25.3 Å². The average Bonchev–Trinajstić information content (AvgIpc) is 2.74. The van der Waals surface area contributed by atoms with Gasteiger partial charge in [-0.2, -0.15) is 0 Å². The predicted molar refractivity (Wildman–Crippen MR) is 116 cm³/mol. The Bertz CT molecular complexity index is 792. The number of hydrogen-bond donors (Lipinski definition) is 4. The van der Waals surface area contributed by atoms with Crippen molar-refractivity contribution in [3.63, 3.8) is 0 Å². The van der Waals surface area contributed by atoms with Crippen molar-refractivity contribution in [3.05, 3.63) is 65.2 Å². The van der Waals surface area contributed by atoms with Gasteiger partial charge in [-0.1, -0.05) is 41.9 Å². The molecule has 4 N–H and O–H groups in total. The van der Waals surface area contributed by atoms with E-state index in [2.05, 4.69) is 21.3 Å². The number of rotatable bonds is 7. The summed E-state index contributed by atoms with van der Waals surface area (Å²) in [7, 11) is 0. The molecule has 2 aromatic rings. The third-order valence-electron chi connectivity index (χ3n) is 5.03. The molecule has 1 aliphatic rings. The fourth-order valence-corrected chi connectivity index (χ4v) is 3.50. The van der Waals surface area contributed by atoms with Gasteiger partial charge in [-0.25, -0.2) is 4.79 Å². The minimum absolute atomic E-state index is 0.168. The largest absolute Gasteiger partial charge is 0.354 e. The number of urea groups is 1. The lowest BCUT2D eigenvalue weighted by molar-refractivity contribution is -0.123. The molecule has 1 saturated heterocycles. The van der Waals surface area contributed by atoms with E-state index in [4.69, 9.17) is 11.6 Å². The molecule has 0 saturated carbocycles. The summed E-state index contributed by atoms with van der Waals surface area (Å²) in [5.41, 5.74) is 1.60. The van der Waals surface area contributed by atoms with Crippen LogP contribution in [0.1, 0.15) is 18.4 Å². The highest BCUT2D eigenvalue weighted by Gasteiger charge is 2.23. The molecule has 3 amide bonds. The first-order valence-corrected chi connectivity index (χ1v) is 10.3. The summed E-state index contributed by atoms with van der Waals surface area (Å²) in [4.78, 5) is 25.3. The van der Waals surface area contributed by atoms with Gasteiger partial charge in [0.05, 0.1) is 0 Å². The van der Waals surface area contributed by atoms with Gasteiger partial charge in [0.1, 0.15) is 6.04 Å². The molecule has 0 aliphatic carbocycles.